The van der Waals surface area contributed by atoms with Crippen molar-refractivity contribution in [1.82, 2.24) is 10.1 Å². The number of aromatic nitrogens is 2. The van der Waals surface area contributed by atoms with Crippen LogP contribution in [0.2, 0.25) is 0 Å². The van der Waals surface area contributed by atoms with Gasteiger partial charge in [-0.2, -0.15) is 9.98 Å². The highest BCUT2D eigenvalue weighted by molar-refractivity contribution is 8.15. The zero-order chi connectivity index (χ0) is 24.8. The molecule has 10 nitrogen and oxygen atoms in total. The van der Waals surface area contributed by atoms with E-state index in [0.29, 0.717) is 23.0 Å². The number of carbonyl (C=O) groups excluding carboxylic acids is 1. The van der Waals surface area contributed by atoms with E-state index < -0.39 is 17.7 Å². The van der Waals surface area contributed by atoms with Crippen LogP contribution in [0.15, 0.2) is 44.8 Å². The van der Waals surface area contributed by atoms with Gasteiger partial charge in [0.2, 0.25) is 17.5 Å². The van der Waals surface area contributed by atoms with Gasteiger partial charge in [0.1, 0.15) is 10.8 Å². The van der Waals surface area contributed by atoms with Gasteiger partial charge in [0.05, 0.1) is 27.0 Å². The molecule has 0 fully saturated rings. The quantitative estimate of drug-likeness (QED) is 0.392. The molecule has 0 bridgehead atoms. The first kappa shape index (κ1) is 24.7. The maximum atomic E-state index is 15.2. The van der Waals surface area contributed by atoms with Gasteiger partial charge in [-0.05, 0) is 36.6 Å². The number of benzene rings is 2. The molecule has 0 aliphatic carbocycles. The van der Waals surface area contributed by atoms with Crippen LogP contribution in [0, 0.1) is 12.7 Å². The number of aromatic hydroxyl groups is 1. The number of phenolic OH excluding ortho intramolecular Hbond substituents is 1. The molecule has 0 aliphatic heterocycles. The van der Waals surface area contributed by atoms with E-state index >= 15 is 4.39 Å². The Morgan fingerprint density at radius 1 is 1.18 bits per heavy atom. The van der Waals surface area contributed by atoms with E-state index in [4.69, 9.17) is 14.0 Å². The second-order valence-electron chi connectivity index (χ2n) is 6.56. The van der Waals surface area contributed by atoms with Crippen molar-refractivity contribution in [3.63, 3.8) is 0 Å². The number of ether oxygens (including phenoxy) is 3. The van der Waals surface area contributed by atoms with Crippen LogP contribution in [0.5, 0.6) is 17.2 Å². The Morgan fingerprint density at radius 2 is 1.88 bits per heavy atom. The van der Waals surface area contributed by atoms with E-state index in [1.165, 1.54) is 27.4 Å². The van der Waals surface area contributed by atoms with Crippen LogP contribution >= 0.6 is 11.8 Å². The van der Waals surface area contributed by atoms with Crippen molar-refractivity contribution in [2.75, 3.05) is 27.6 Å². The van der Waals surface area contributed by atoms with Crippen molar-refractivity contribution in [3.8, 4) is 28.6 Å². The molecule has 178 valence electrons. The third kappa shape index (κ3) is 5.17. The van der Waals surface area contributed by atoms with Crippen LogP contribution in [-0.4, -0.2) is 59.7 Å². The monoisotopic (exact) mass is 488 g/mol. The Bertz CT molecular complexity index is 1260. The zero-order valence-electron chi connectivity index (χ0n) is 19.0. The van der Waals surface area contributed by atoms with E-state index in [1.54, 1.807) is 37.4 Å². The molecule has 3 aromatic rings. The normalized spacial score (nSPS) is 11.9. The highest BCUT2D eigenvalue weighted by Crippen LogP contribution is 2.41. The SMILES string of the molecule is COC(=O)/N=C(\SC)C(=Nc1ccc(-c2noc(C)n2)cc1)c1cc(OC)c(OC)c(O)c1F. The lowest BCUT2D eigenvalue weighted by atomic mass is 10.1. The first-order valence-corrected chi connectivity index (χ1v) is 10.9. The van der Waals surface area contributed by atoms with Crippen LogP contribution in [0.1, 0.15) is 11.5 Å². The molecule has 2 aromatic carbocycles. The first-order chi connectivity index (χ1) is 16.3. The molecule has 1 heterocycles. The fourth-order valence-corrected chi connectivity index (χ4v) is 3.42. The van der Waals surface area contributed by atoms with Gasteiger partial charge in [0.25, 0.3) is 0 Å². The largest absolute Gasteiger partial charge is 0.502 e. The summed E-state index contributed by atoms with van der Waals surface area (Å²) < 4.78 is 35.1. The fourth-order valence-electron chi connectivity index (χ4n) is 2.90. The van der Waals surface area contributed by atoms with E-state index in [0.717, 1.165) is 11.8 Å². The van der Waals surface area contributed by atoms with Crippen LogP contribution in [0.3, 0.4) is 0 Å². The van der Waals surface area contributed by atoms with Gasteiger partial charge in [-0.1, -0.05) is 5.16 Å². The second-order valence-corrected chi connectivity index (χ2v) is 7.35. The van der Waals surface area contributed by atoms with Crippen molar-refractivity contribution < 1.29 is 33.0 Å². The number of hydrogen-bond acceptors (Lipinski definition) is 10. The Balaban J connectivity index is 2.19. The van der Waals surface area contributed by atoms with Gasteiger partial charge in [-0.15, -0.1) is 11.8 Å². The molecule has 1 N–H and O–H groups in total. The molecule has 0 aliphatic rings. The molecule has 12 heteroatoms. The molecule has 0 unspecified atom stereocenters. The number of halogens is 1. The molecular weight excluding hydrogens is 467 g/mol. The summed E-state index contributed by atoms with van der Waals surface area (Å²) in [5, 5.41) is 14.3. The smallest absolute Gasteiger partial charge is 0.434 e. The lowest BCUT2D eigenvalue weighted by Crippen LogP contribution is -2.16. The Kier molecular flexibility index (Phi) is 7.84. The number of rotatable bonds is 6. The minimum absolute atomic E-state index is 0.0326. The van der Waals surface area contributed by atoms with E-state index in [2.05, 4.69) is 24.9 Å². The molecule has 0 spiro atoms. The Hall–Kier alpha value is -3.93. The lowest BCUT2D eigenvalue weighted by molar-refractivity contribution is 0.183. The van der Waals surface area contributed by atoms with E-state index in [-0.39, 0.29) is 27.8 Å². The minimum Gasteiger partial charge on any atom is -0.502 e. The second kappa shape index (κ2) is 10.8. The predicted molar refractivity (Wildman–Crippen MR) is 125 cm³/mol. The summed E-state index contributed by atoms with van der Waals surface area (Å²) in [6.07, 6.45) is 0.738. The summed E-state index contributed by atoms with van der Waals surface area (Å²) in [5.74, 6) is -1.09. The van der Waals surface area contributed by atoms with Gasteiger partial charge in [0, 0.05) is 18.1 Å². The molecule has 1 aromatic heterocycles. The number of aliphatic imine (C=N–C) groups is 2. The lowest BCUT2D eigenvalue weighted by Gasteiger charge is -2.15. The van der Waals surface area contributed by atoms with Crippen molar-refractivity contribution in [2.24, 2.45) is 9.98 Å². The number of methoxy groups -OCH3 is 3. The summed E-state index contributed by atoms with van der Waals surface area (Å²) in [7, 11) is 3.78. The molecule has 0 radical (unpaired) electrons. The number of nitrogens with zero attached hydrogens (tertiary/aromatic N) is 4. The van der Waals surface area contributed by atoms with Crippen LogP contribution in [-0.2, 0) is 4.74 Å². The average molecular weight is 488 g/mol. The molecule has 3 rings (SSSR count). The first-order valence-electron chi connectivity index (χ1n) is 9.67. The summed E-state index contributed by atoms with van der Waals surface area (Å²) in [6.45, 7) is 1.68. The van der Waals surface area contributed by atoms with Crippen molar-refractivity contribution >= 4 is 34.3 Å². The molecule has 0 saturated carbocycles. The van der Waals surface area contributed by atoms with Crippen molar-refractivity contribution in [1.29, 1.82) is 0 Å². The van der Waals surface area contributed by atoms with Crippen LogP contribution < -0.4 is 9.47 Å². The van der Waals surface area contributed by atoms with Gasteiger partial charge in [0.15, 0.2) is 17.3 Å². The third-order valence-corrected chi connectivity index (χ3v) is 5.17. The summed E-state index contributed by atoms with van der Waals surface area (Å²) >= 11 is 1.04. The summed E-state index contributed by atoms with van der Waals surface area (Å²) in [6, 6.07) is 8.01. The van der Waals surface area contributed by atoms with E-state index in [1.807, 2.05) is 0 Å². The molecular formula is C22H21FN4O6S. The summed E-state index contributed by atoms with van der Waals surface area (Å²) in [4.78, 5) is 24.4. The average Bonchev–Trinajstić information content (AvgIpc) is 3.29. The zero-order valence-corrected chi connectivity index (χ0v) is 19.8. The number of amides is 1. The Morgan fingerprint density at radius 3 is 2.41 bits per heavy atom. The van der Waals surface area contributed by atoms with Gasteiger partial charge in [-0.3, -0.25) is 0 Å². The van der Waals surface area contributed by atoms with E-state index in [9.17, 15) is 9.90 Å². The number of phenols is 1. The predicted octanol–water partition coefficient (Wildman–Crippen LogP) is 4.56. The summed E-state index contributed by atoms with van der Waals surface area (Å²) in [5.41, 5.74) is 0.889. The Labute approximate surface area is 198 Å². The topological polar surface area (TPSA) is 129 Å². The third-order valence-electron chi connectivity index (χ3n) is 4.50. The maximum Gasteiger partial charge on any atom is 0.434 e. The standard InChI is InChI=1S/C22H21FN4O6S/c1-11-24-20(27-33-11)12-6-8-13(9-7-12)25-17(21(34-5)26-22(29)32-4)14-10-15(30-2)19(31-3)18(28)16(14)23/h6-10,28H,1-5H3/b25-17?,26-21-. The highest BCUT2D eigenvalue weighted by atomic mass is 32.2. The molecule has 1 amide bonds. The highest BCUT2D eigenvalue weighted by Gasteiger charge is 2.25. The molecule has 0 saturated heterocycles. The van der Waals surface area contributed by atoms with Crippen molar-refractivity contribution in [2.45, 2.75) is 6.92 Å². The number of aryl methyl sites for hydroxylation is 1. The molecule has 0 atom stereocenters. The number of hydrogen-bond donors (Lipinski definition) is 1. The maximum absolute atomic E-state index is 15.2. The van der Waals surface area contributed by atoms with Crippen LogP contribution in [0.25, 0.3) is 11.4 Å². The fraction of sp³-hybridized carbons (Fsp3) is 0.227. The van der Waals surface area contributed by atoms with Gasteiger partial charge >= 0.3 is 6.09 Å². The minimum atomic E-state index is -1.03. The molecule has 34 heavy (non-hydrogen) atoms. The number of carbonyl (C=O) groups is 1. The van der Waals surface area contributed by atoms with Crippen LogP contribution in [0.4, 0.5) is 14.9 Å². The van der Waals surface area contributed by atoms with Crippen molar-refractivity contribution in [3.05, 3.63) is 47.6 Å². The van der Waals surface area contributed by atoms with Gasteiger partial charge in [-0.25, -0.2) is 14.2 Å². The van der Waals surface area contributed by atoms with Gasteiger partial charge < -0.3 is 23.8 Å². The number of thioether (sulfide) groups is 1.